The standard InChI is InChI=1S/C22H25ClFN3O3/c23-18-5-1-6-19(24)17(18)15-25-9-11-26(12-10-25)21(28)16-4-2-8-27(14-16)22(29)20-7-3-13-30-20/h1,3,5-7,13,16H,2,4,8-12,14-15H2. The minimum absolute atomic E-state index is 0.0931. The van der Waals surface area contributed by atoms with Crippen molar-refractivity contribution in [2.24, 2.45) is 5.92 Å². The zero-order valence-corrected chi connectivity index (χ0v) is 17.5. The maximum Gasteiger partial charge on any atom is 0.289 e. The highest BCUT2D eigenvalue weighted by atomic mass is 35.5. The van der Waals surface area contributed by atoms with Crippen molar-refractivity contribution in [1.29, 1.82) is 0 Å². The van der Waals surface area contributed by atoms with Gasteiger partial charge in [0.1, 0.15) is 5.82 Å². The van der Waals surface area contributed by atoms with E-state index in [4.69, 9.17) is 16.0 Å². The summed E-state index contributed by atoms with van der Waals surface area (Å²) in [5, 5.41) is 0.428. The van der Waals surface area contributed by atoms with Crippen LogP contribution in [0.1, 0.15) is 29.0 Å². The second-order valence-electron chi connectivity index (χ2n) is 7.87. The second kappa shape index (κ2) is 9.18. The van der Waals surface area contributed by atoms with Gasteiger partial charge in [0.2, 0.25) is 5.91 Å². The molecule has 30 heavy (non-hydrogen) atoms. The number of carbonyl (C=O) groups is 2. The van der Waals surface area contributed by atoms with E-state index in [0.29, 0.717) is 62.2 Å². The molecule has 2 aromatic rings. The highest BCUT2D eigenvalue weighted by molar-refractivity contribution is 6.31. The quantitative estimate of drug-likeness (QED) is 0.742. The molecule has 0 saturated carbocycles. The Morgan fingerprint density at radius 3 is 2.57 bits per heavy atom. The van der Waals surface area contributed by atoms with Gasteiger partial charge in [0.15, 0.2) is 5.76 Å². The summed E-state index contributed by atoms with van der Waals surface area (Å²) in [7, 11) is 0. The fourth-order valence-corrected chi connectivity index (χ4v) is 4.43. The van der Waals surface area contributed by atoms with Crippen molar-refractivity contribution in [2.45, 2.75) is 19.4 Å². The number of hydrogen-bond donors (Lipinski definition) is 0. The summed E-state index contributed by atoms with van der Waals surface area (Å²) in [6, 6.07) is 8.04. The van der Waals surface area contributed by atoms with E-state index in [1.807, 2.05) is 4.90 Å². The van der Waals surface area contributed by atoms with E-state index >= 15 is 0 Å². The number of piperidine rings is 1. The Hall–Kier alpha value is -2.38. The first-order valence-corrected chi connectivity index (χ1v) is 10.7. The second-order valence-corrected chi connectivity index (χ2v) is 8.28. The number of piperazine rings is 1. The zero-order chi connectivity index (χ0) is 21.1. The lowest BCUT2D eigenvalue weighted by atomic mass is 9.96. The van der Waals surface area contributed by atoms with Crippen LogP contribution in [0, 0.1) is 11.7 Å². The lowest BCUT2D eigenvalue weighted by molar-refractivity contribution is -0.138. The van der Waals surface area contributed by atoms with E-state index in [9.17, 15) is 14.0 Å². The molecule has 1 unspecified atom stereocenters. The molecule has 1 aromatic carbocycles. The van der Waals surface area contributed by atoms with Crippen LogP contribution in [0.15, 0.2) is 41.0 Å². The fraction of sp³-hybridized carbons (Fsp3) is 0.455. The van der Waals surface area contributed by atoms with Crippen LogP contribution in [0.2, 0.25) is 5.02 Å². The monoisotopic (exact) mass is 433 g/mol. The van der Waals surface area contributed by atoms with Crippen LogP contribution in [0.3, 0.4) is 0 Å². The summed E-state index contributed by atoms with van der Waals surface area (Å²) in [6.45, 7) is 4.00. The van der Waals surface area contributed by atoms with Crippen molar-refractivity contribution >= 4 is 23.4 Å². The predicted molar refractivity (Wildman–Crippen MR) is 111 cm³/mol. The number of nitrogens with zero attached hydrogens (tertiary/aromatic N) is 3. The molecule has 2 amide bonds. The third-order valence-corrected chi connectivity index (χ3v) is 6.27. The van der Waals surface area contributed by atoms with Gasteiger partial charge in [-0.05, 0) is 37.1 Å². The van der Waals surface area contributed by atoms with Gasteiger partial charge < -0.3 is 14.2 Å². The van der Waals surface area contributed by atoms with Crippen molar-refractivity contribution in [3.8, 4) is 0 Å². The van der Waals surface area contributed by atoms with Crippen LogP contribution in [0.5, 0.6) is 0 Å². The fourth-order valence-electron chi connectivity index (χ4n) is 4.21. The maximum atomic E-state index is 14.0. The first-order chi connectivity index (χ1) is 14.5. The van der Waals surface area contributed by atoms with Gasteiger partial charge in [-0.25, -0.2) is 4.39 Å². The SMILES string of the molecule is O=C(c1ccco1)N1CCCC(C(=O)N2CCN(Cc3c(F)cccc3Cl)CC2)C1. The molecule has 0 spiro atoms. The topological polar surface area (TPSA) is 57.0 Å². The molecule has 1 atom stereocenters. The van der Waals surface area contributed by atoms with Gasteiger partial charge in [0, 0.05) is 56.4 Å². The molecule has 2 aliphatic rings. The van der Waals surface area contributed by atoms with Gasteiger partial charge in [-0.3, -0.25) is 14.5 Å². The van der Waals surface area contributed by atoms with Crippen molar-refractivity contribution in [1.82, 2.24) is 14.7 Å². The molecule has 160 valence electrons. The zero-order valence-electron chi connectivity index (χ0n) is 16.7. The van der Waals surface area contributed by atoms with E-state index < -0.39 is 0 Å². The number of furan rings is 1. The summed E-state index contributed by atoms with van der Waals surface area (Å²) in [6.07, 6.45) is 3.06. The van der Waals surface area contributed by atoms with Crippen LogP contribution < -0.4 is 0 Å². The van der Waals surface area contributed by atoms with Crippen molar-refractivity contribution in [3.63, 3.8) is 0 Å². The maximum absolute atomic E-state index is 14.0. The highest BCUT2D eigenvalue weighted by Gasteiger charge is 2.33. The van der Waals surface area contributed by atoms with E-state index in [2.05, 4.69) is 4.90 Å². The number of halogens is 2. The summed E-state index contributed by atoms with van der Waals surface area (Å²) in [5.41, 5.74) is 0.498. The van der Waals surface area contributed by atoms with Crippen LogP contribution in [-0.4, -0.2) is 65.8 Å². The molecule has 0 radical (unpaired) electrons. The normalized spacial score (nSPS) is 20.4. The van der Waals surface area contributed by atoms with Gasteiger partial charge in [0.25, 0.3) is 5.91 Å². The molecular formula is C22H25ClFN3O3. The Balaban J connectivity index is 1.31. The number of hydrogen-bond acceptors (Lipinski definition) is 4. The minimum atomic E-state index is -0.301. The first kappa shape index (κ1) is 20.9. The molecular weight excluding hydrogens is 409 g/mol. The van der Waals surface area contributed by atoms with Gasteiger partial charge in [0.05, 0.1) is 12.2 Å². The highest BCUT2D eigenvalue weighted by Crippen LogP contribution is 2.24. The molecule has 0 bridgehead atoms. The number of likely N-dealkylation sites (tertiary alicyclic amines) is 1. The van der Waals surface area contributed by atoms with Crippen molar-refractivity contribution in [3.05, 3.63) is 58.8 Å². The average molecular weight is 434 g/mol. The van der Waals surface area contributed by atoms with Crippen LogP contribution in [0.25, 0.3) is 0 Å². The van der Waals surface area contributed by atoms with Gasteiger partial charge >= 0.3 is 0 Å². The van der Waals surface area contributed by atoms with Crippen LogP contribution >= 0.6 is 11.6 Å². The van der Waals surface area contributed by atoms with E-state index in [1.54, 1.807) is 29.2 Å². The van der Waals surface area contributed by atoms with E-state index in [0.717, 1.165) is 12.8 Å². The Labute approximate surface area is 180 Å². The Kier molecular flexibility index (Phi) is 6.39. The lowest BCUT2D eigenvalue weighted by Crippen LogP contribution is -2.52. The number of amides is 2. The molecule has 0 aliphatic carbocycles. The Bertz CT molecular complexity index is 877. The summed E-state index contributed by atoms with van der Waals surface area (Å²) in [4.78, 5) is 31.3. The first-order valence-electron chi connectivity index (χ1n) is 10.3. The summed E-state index contributed by atoms with van der Waals surface area (Å²) < 4.78 is 19.3. The number of carbonyl (C=O) groups excluding carboxylic acids is 2. The van der Waals surface area contributed by atoms with Crippen molar-refractivity contribution < 1.29 is 18.4 Å². The van der Waals surface area contributed by atoms with E-state index in [1.165, 1.54) is 12.3 Å². The molecule has 3 heterocycles. The van der Waals surface area contributed by atoms with Gasteiger partial charge in [-0.15, -0.1) is 0 Å². The van der Waals surface area contributed by atoms with Crippen LogP contribution in [-0.2, 0) is 11.3 Å². The number of rotatable bonds is 4. The molecule has 8 heteroatoms. The van der Waals surface area contributed by atoms with Crippen molar-refractivity contribution in [2.75, 3.05) is 39.3 Å². The molecule has 2 fully saturated rings. The minimum Gasteiger partial charge on any atom is -0.459 e. The molecule has 6 nitrogen and oxygen atoms in total. The van der Waals surface area contributed by atoms with Gasteiger partial charge in [-0.2, -0.15) is 0 Å². The van der Waals surface area contributed by atoms with Gasteiger partial charge in [-0.1, -0.05) is 17.7 Å². The average Bonchev–Trinajstić information content (AvgIpc) is 3.31. The summed E-state index contributed by atoms with van der Waals surface area (Å²) in [5.74, 6) is -0.252. The van der Waals surface area contributed by atoms with E-state index in [-0.39, 0.29) is 23.5 Å². The summed E-state index contributed by atoms with van der Waals surface area (Å²) >= 11 is 6.14. The molecule has 1 aromatic heterocycles. The molecule has 2 aliphatic heterocycles. The third-order valence-electron chi connectivity index (χ3n) is 5.92. The Morgan fingerprint density at radius 2 is 1.87 bits per heavy atom. The number of benzene rings is 1. The molecule has 4 rings (SSSR count). The lowest BCUT2D eigenvalue weighted by Gasteiger charge is -2.39. The molecule has 0 N–H and O–H groups in total. The smallest absolute Gasteiger partial charge is 0.289 e. The van der Waals surface area contributed by atoms with Crippen LogP contribution in [0.4, 0.5) is 4.39 Å². The third kappa shape index (κ3) is 4.52. The Morgan fingerprint density at radius 1 is 1.07 bits per heavy atom. The largest absolute Gasteiger partial charge is 0.459 e. The predicted octanol–water partition coefficient (Wildman–Crippen LogP) is 3.27. The molecule has 2 saturated heterocycles.